The van der Waals surface area contributed by atoms with E-state index in [-0.39, 0.29) is 11.8 Å². The highest BCUT2D eigenvalue weighted by molar-refractivity contribution is 5.91. The molecule has 1 aliphatic rings. The molecule has 0 spiro atoms. The van der Waals surface area contributed by atoms with Gasteiger partial charge in [-0.25, -0.2) is 4.98 Å². The summed E-state index contributed by atoms with van der Waals surface area (Å²) in [5, 5.41) is 2.94. The highest BCUT2D eigenvalue weighted by Gasteiger charge is 2.27. The molecule has 1 aromatic heterocycles. The fraction of sp³-hybridized carbons (Fsp3) is 0.600. The lowest BCUT2D eigenvalue weighted by molar-refractivity contribution is -0.121. The Labute approximate surface area is 115 Å². The van der Waals surface area contributed by atoms with Crippen LogP contribution in [0.5, 0.6) is 0 Å². The number of rotatable bonds is 3. The van der Waals surface area contributed by atoms with Crippen molar-refractivity contribution in [2.24, 2.45) is 5.92 Å². The van der Waals surface area contributed by atoms with Gasteiger partial charge in [-0.05, 0) is 52.3 Å². The van der Waals surface area contributed by atoms with E-state index in [9.17, 15) is 4.79 Å². The number of hydrogen-bond donors (Lipinski definition) is 1. The average molecular weight is 261 g/mol. The zero-order valence-corrected chi connectivity index (χ0v) is 12.0. The Hall–Kier alpha value is -1.42. The van der Waals surface area contributed by atoms with E-state index in [1.54, 1.807) is 0 Å². The molecule has 1 atom stereocenters. The quantitative estimate of drug-likeness (QED) is 0.909. The molecule has 1 aromatic rings. The van der Waals surface area contributed by atoms with Gasteiger partial charge in [0.15, 0.2) is 0 Å². The van der Waals surface area contributed by atoms with Crippen LogP contribution in [0.2, 0.25) is 0 Å². The molecule has 0 aromatic carbocycles. The van der Waals surface area contributed by atoms with E-state index < -0.39 is 0 Å². The van der Waals surface area contributed by atoms with Crippen molar-refractivity contribution < 1.29 is 4.79 Å². The van der Waals surface area contributed by atoms with Crippen molar-refractivity contribution in [3.63, 3.8) is 0 Å². The van der Waals surface area contributed by atoms with E-state index in [4.69, 9.17) is 0 Å². The first kappa shape index (κ1) is 14.0. The monoisotopic (exact) mass is 261 g/mol. The molecule has 104 valence electrons. The summed E-state index contributed by atoms with van der Waals surface area (Å²) in [6, 6.07) is 6.19. The molecule has 1 saturated heterocycles. The molecule has 0 bridgehead atoms. The summed E-state index contributed by atoms with van der Waals surface area (Å²) in [6.07, 6.45) is 2.07. The lowest BCUT2D eigenvalue weighted by atomic mass is 9.96. The summed E-state index contributed by atoms with van der Waals surface area (Å²) >= 11 is 0. The minimum absolute atomic E-state index is 0.0819. The number of nitrogens with zero attached hydrogens (tertiary/aromatic N) is 2. The second-order valence-corrected chi connectivity index (χ2v) is 5.58. The largest absolute Gasteiger partial charge is 0.310 e. The maximum absolute atomic E-state index is 12.3. The summed E-state index contributed by atoms with van der Waals surface area (Å²) in [4.78, 5) is 19.0. The van der Waals surface area contributed by atoms with Crippen LogP contribution in [-0.2, 0) is 4.79 Å². The molecule has 1 N–H and O–H groups in total. The molecule has 1 amide bonds. The molecule has 4 nitrogen and oxygen atoms in total. The lowest BCUT2D eigenvalue weighted by Gasteiger charge is -2.34. The summed E-state index contributed by atoms with van der Waals surface area (Å²) < 4.78 is 0. The van der Waals surface area contributed by atoms with Gasteiger partial charge in [-0.15, -0.1) is 0 Å². The van der Waals surface area contributed by atoms with E-state index in [0.29, 0.717) is 11.9 Å². The summed E-state index contributed by atoms with van der Waals surface area (Å²) in [5.41, 5.74) is 0.922. The third-order valence-corrected chi connectivity index (χ3v) is 3.69. The predicted octanol–water partition coefficient (Wildman–Crippen LogP) is 2.45. The fourth-order valence-corrected chi connectivity index (χ4v) is 2.53. The van der Waals surface area contributed by atoms with Crippen LogP contribution in [0.1, 0.15) is 32.4 Å². The van der Waals surface area contributed by atoms with Crippen molar-refractivity contribution in [3.05, 3.63) is 23.9 Å². The van der Waals surface area contributed by atoms with Crippen molar-refractivity contribution in [1.29, 1.82) is 0 Å². The Balaban J connectivity index is 1.96. The summed E-state index contributed by atoms with van der Waals surface area (Å²) in [5.74, 6) is 0.841. The van der Waals surface area contributed by atoms with Crippen LogP contribution < -0.4 is 5.32 Å². The first-order chi connectivity index (χ1) is 9.06. The molecule has 19 heavy (non-hydrogen) atoms. The molecule has 4 heteroatoms. The maximum Gasteiger partial charge on any atom is 0.229 e. The number of piperidine rings is 1. The molecule has 1 aliphatic heterocycles. The van der Waals surface area contributed by atoms with Gasteiger partial charge in [-0.3, -0.25) is 4.79 Å². The molecule has 0 saturated carbocycles. The Bertz CT molecular complexity index is 445. The van der Waals surface area contributed by atoms with Gasteiger partial charge in [0.2, 0.25) is 5.91 Å². The standard InChI is InChI=1S/C15H23N3O/c1-11(2)18-9-5-7-13(10-18)15(19)17-14-8-4-6-12(3)16-14/h4,6,8,11,13H,5,7,9-10H2,1-3H3,(H,16,17,19)/t13-/m1/s1. The minimum Gasteiger partial charge on any atom is -0.310 e. The topological polar surface area (TPSA) is 45.2 Å². The molecule has 2 rings (SSSR count). The van der Waals surface area contributed by atoms with Gasteiger partial charge in [0.25, 0.3) is 0 Å². The number of aryl methyl sites for hydroxylation is 1. The van der Waals surface area contributed by atoms with Crippen molar-refractivity contribution >= 4 is 11.7 Å². The highest BCUT2D eigenvalue weighted by atomic mass is 16.2. The molecular formula is C15H23N3O. The van der Waals surface area contributed by atoms with Crippen LogP contribution in [0.25, 0.3) is 0 Å². The number of aromatic nitrogens is 1. The Morgan fingerprint density at radius 3 is 2.95 bits per heavy atom. The van der Waals surface area contributed by atoms with Crippen molar-refractivity contribution in [3.8, 4) is 0 Å². The van der Waals surface area contributed by atoms with Gasteiger partial charge in [-0.1, -0.05) is 6.07 Å². The number of anilines is 1. The van der Waals surface area contributed by atoms with Crippen LogP contribution in [0.4, 0.5) is 5.82 Å². The second kappa shape index (κ2) is 6.15. The van der Waals surface area contributed by atoms with Gasteiger partial charge in [0.1, 0.15) is 5.82 Å². The van der Waals surface area contributed by atoms with E-state index in [2.05, 4.69) is 29.0 Å². The number of likely N-dealkylation sites (tertiary alicyclic amines) is 1. The number of amides is 1. The molecule has 2 heterocycles. The lowest BCUT2D eigenvalue weighted by Crippen LogP contribution is -2.43. The third kappa shape index (κ3) is 3.77. The van der Waals surface area contributed by atoms with E-state index in [0.717, 1.165) is 31.6 Å². The summed E-state index contributed by atoms with van der Waals surface area (Å²) in [6.45, 7) is 8.25. The molecule has 0 radical (unpaired) electrons. The Kier molecular flexibility index (Phi) is 4.53. The molecule has 0 unspecified atom stereocenters. The van der Waals surface area contributed by atoms with Crippen molar-refractivity contribution in [2.75, 3.05) is 18.4 Å². The molecule has 1 fully saturated rings. The number of hydrogen-bond acceptors (Lipinski definition) is 3. The smallest absolute Gasteiger partial charge is 0.229 e. The SMILES string of the molecule is Cc1cccc(NC(=O)[C@@H]2CCCN(C(C)C)C2)n1. The number of carbonyl (C=O) groups excluding carboxylic acids is 1. The van der Waals surface area contributed by atoms with Gasteiger partial charge in [0, 0.05) is 18.3 Å². The number of pyridine rings is 1. The van der Waals surface area contributed by atoms with Crippen LogP contribution in [0.15, 0.2) is 18.2 Å². The first-order valence-electron chi connectivity index (χ1n) is 7.05. The van der Waals surface area contributed by atoms with Crippen molar-refractivity contribution in [1.82, 2.24) is 9.88 Å². The van der Waals surface area contributed by atoms with Crippen molar-refractivity contribution in [2.45, 2.75) is 39.7 Å². The van der Waals surface area contributed by atoms with Crippen LogP contribution in [-0.4, -0.2) is 34.9 Å². The van der Waals surface area contributed by atoms with E-state index in [1.807, 2.05) is 25.1 Å². The average Bonchev–Trinajstić information content (AvgIpc) is 2.39. The first-order valence-corrected chi connectivity index (χ1v) is 7.05. The van der Waals surface area contributed by atoms with E-state index >= 15 is 0 Å². The van der Waals surface area contributed by atoms with Gasteiger partial charge in [-0.2, -0.15) is 0 Å². The highest BCUT2D eigenvalue weighted by Crippen LogP contribution is 2.19. The van der Waals surface area contributed by atoms with Gasteiger partial charge < -0.3 is 10.2 Å². The summed E-state index contributed by atoms with van der Waals surface area (Å²) in [7, 11) is 0. The fourth-order valence-electron chi connectivity index (χ4n) is 2.53. The van der Waals surface area contributed by atoms with Gasteiger partial charge >= 0.3 is 0 Å². The van der Waals surface area contributed by atoms with Crippen LogP contribution in [0, 0.1) is 12.8 Å². The van der Waals surface area contributed by atoms with Crippen LogP contribution in [0.3, 0.4) is 0 Å². The zero-order valence-electron chi connectivity index (χ0n) is 12.0. The Morgan fingerprint density at radius 1 is 1.47 bits per heavy atom. The molecular weight excluding hydrogens is 238 g/mol. The van der Waals surface area contributed by atoms with Crippen LogP contribution >= 0.6 is 0 Å². The zero-order chi connectivity index (χ0) is 13.8. The second-order valence-electron chi connectivity index (χ2n) is 5.58. The number of nitrogens with one attached hydrogen (secondary N) is 1. The normalized spacial score (nSPS) is 20.5. The van der Waals surface area contributed by atoms with E-state index in [1.165, 1.54) is 0 Å². The molecule has 0 aliphatic carbocycles. The predicted molar refractivity (Wildman–Crippen MR) is 77.0 cm³/mol. The minimum atomic E-state index is 0.0819. The number of carbonyl (C=O) groups is 1. The Morgan fingerprint density at radius 2 is 2.26 bits per heavy atom. The third-order valence-electron chi connectivity index (χ3n) is 3.69. The van der Waals surface area contributed by atoms with Gasteiger partial charge in [0.05, 0.1) is 5.92 Å². The maximum atomic E-state index is 12.3.